The van der Waals surface area contributed by atoms with E-state index in [0.29, 0.717) is 5.69 Å². The summed E-state index contributed by atoms with van der Waals surface area (Å²) in [5, 5.41) is 9.95. The molecule has 0 aliphatic carbocycles. The summed E-state index contributed by atoms with van der Waals surface area (Å²) in [6, 6.07) is 7.91. The highest BCUT2D eigenvalue weighted by Gasteiger charge is 2.17. The lowest BCUT2D eigenvalue weighted by Gasteiger charge is -2.17. The van der Waals surface area contributed by atoms with Crippen LogP contribution in [0.25, 0.3) is 0 Å². The highest BCUT2D eigenvalue weighted by Crippen LogP contribution is 2.17. The predicted molar refractivity (Wildman–Crippen MR) is 83.7 cm³/mol. The summed E-state index contributed by atoms with van der Waals surface area (Å²) in [6.45, 7) is 10.4. The molecular weight excluding hydrogens is 248 g/mol. The Bertz CT molecular complexity index is 524. The highest BCUT2D eigenvalue weighted by atomic mass is 16.3. The normalized spacial score (nSPS) is 10.9. The molecule has 0 spiro atoms. The van der Waals surface area contributed by atoms with Crippen LogP contribution in [-0.4, -0.2) is 14.7 Å². The summed E-state index contributed by atoms with van der Waals surface area (Å²) in [5.41, 5.74) is 2.12. The first-order valence-corrected chi connectivity index (χ1v) is 7.32. The lowest BCUT2D eigenvalue weighted by atomic mass is 10.0. The molecule has 2 heterocycles. The smallest absolute Gasteiger partial charge is 0.101 e. The molecule has 0 saturated carbocycles. The average molecular weight is 274 g/mol. The molecule has 0 bridgehead atoms. The number of aryl methyl sites for hydroxylation is 1. The van der Waals surface area contributed by atoms with Crippen molar-refractivity contribution in [3.8, 4) is 0 Å². The van der Waals surface area contributed by atoms with Crippen LogP contribution in [0, 0.1) is 0 Å². The van der Waals surface area contributed by atoms with Crippen molar-refractivity contribution in [2.75, 3.05) is 0 Å². The molecule has 2 aromatic heterocycles. The minimum absolute atomic E-state index is 0.711. The van der Waals surface area contributed by atoms with Crippen molar-refractivity contribution >= 4 is 0 Å². The molecule has 1 N–H and O–H groups in total. The van der Waals surface area contributed by atoms with Gasteiger partial charge in [-0.2, -0.15) is 0 Å². The number of nitrogens with zero attached hydrogens (tertiary/aromatic N) is 2. The van der Waals surface area contributed by atoms with Crippen molar-refractivity contribution < 1.29 is 5.11 Å². The zero-order chi connectivity index (χ0) is 15.2. The van der Waals surface area contributed by atoms with Gasteiger partial charge in [-0.25, -0.2) is 0 Å². The van der Waals surface area contributed by atoms with Crippen molar-refractivity contribution in [3.63, 3.8) is 0 Å². The van der Waals surface area contributed by atoms with Crippen LogP contribution in [0.1, 0.15) is 51.6 Å². The lowest BCUT2D eigenvalue weighted by molar-refractivity contribution is 0.0736. The van der Waals surface area contributed by atoms with E-state index >= 15 is 0 Å². The molecule has 0 amide bonds. The molecule has 3 heteroatoms. The van der Waals surface area contributed by atoms with Crippen molar-refractivity contribution in [2.45, 2.75) is 53.2 Å². The summed E-state index contributed by atoms with van der Waals surface area (Å²) < 4.78 is 2.12. The first kappa shape index (κ1) is 16.4. The van der Waals surface area contributed by atoms with Gasteiger partial charge in [-0.15, -0.1) is 0 Å². The standard InChI is InChI=1S/C15H20N2O.C2H6/c1-4-12-8-9-17(10-12)11-13-6-5-7-14(16-13)15(2,3)18;1-2/h5-10,18H,4,11H2,1-3H3;1-2H3. The average Bonchev–Trinajstić information content (AvgIpc) is 2.88. The molecule has 0 aliphatic rings. The van der Waals surface area contributed by atoms with Crippen LogP contribution in [-0.2, 0) is 18.6 Å². The fourth-order valence-electron chi connectivity index (χ4n) is 1.89. The summed E-state index contributed by atoms with van der Waals surface area (Å²) in [6.07, 6.45) is 5.25. The minimum atomic E-state index is -0.888. The zero-order valence-electron chi connectivity index (χ0n) is 13.2. The second kappa shape index (κ2) is 7.25. The van der Waals surface area contributed by atoms with E-state index in [-0.39, 0.29) is 0 Å². The number of aromatic nitrogens is 2. The highest BCUT2D eigenvalue weighted by molar-refractivity contribution is 5.17. The Labute approximate surface area is 122 Å². The van der Waals surface area contributed by atoms with E-state index in [1.807, 2.05) is 32.0 Å². The van der Waals surface area contributed by atoms with Crippen molar-refractivity contribution in [2.24, 2.45) is 0 Å². The van der Waals surface area contributed by atoms with E-state index < -0.39 is 5.60 Å². The topological polar surface area (TPSA) is 38.0 Å². The molecule has 3 nitrogen and oxygen atoms in total. The van der Waals surface area contributed by atoms with E-state index in [0.717, 1.165) is 18.7 Å². The third-order valence-electron chi connectivity index (χ3n) is 3.00. The van der Waals surface area contributed by atoms with E-state index in [1.165, 1.54) is 5.56 Å². The SMILES string of the molecule is CC.CCc1ccn(Cc2cccc(C(C)(C)O)n2)c1. The molecule has 0 atom stereocenters. The molecule has 0 saturated heterocycles. The van der Waals surface area contributed by atoms with Crippen molar-refractivity contribution in [1.82, 2.24) is 9.55 Å². The van der Waals surface area contributed by atoms with Crippen LogP contribution in [0.3, 0.4) is 0 Å². The fraction of sp³-hybridized carbons (Fsp3) is 0.471. The molecule has 2 aromatic rings. The number of hydrogen-bond acceptors (Lipinski definition) is 2. The maximum Gasteiger partial charge on any atom is 0.101 e. The van der Waals surface area contributed by atoms with Gasteiger partial charge in [0.15, 0.2) is 0 Å². The number of rotatable bonds is 4. The molecular formula is C17H26N2O. The molecule has 110 valence electrons. The van der Waals surface area contributed by atoms with Crippen LogP contribution in [0.2, 0.25) is 0 Å². The fourth-order valence-corrected chi connectivity index (χ4v) is 1.89. The molecule has 0 radical (unpaired) electrons. The van der Waals surface area contributed by atoms with Crippen LogP contribution >= 0.6 is 0 Å². The van der Waals surface area contributed by atoms with E-state index in [4.69, 9.17) is 0 Å². The predicted octanol–water partition coefficient (Wildman–Crippen LogP) is 3.75. The third kappa shape index (κ3) is 4.49. The van der Waals surface area contributed by atoms with Gasteiger partial charge in [0, 0.05) is 12.4 Å². The molecule has 0 unspecified atom stereocenters. The molecule has 0 fully saturated rings. The summed E-state index contributed by atoms with van der Waals surface area (Å²) in [5.74, 6) is 0. The summed E-state index contributed by atoms with van der Waals surface area (Å²) in [4.78, 5) is 4.50. The van der Waals surface area contributed by atoms with Crippen LogP contribution in [0.5, 0.6) is 0 Å². The lowest BCUT2D eigenvalue weighted by Crippen LogP contribution is -2.18. The Balaban J connectivity index is 0.000000956. The van der Waals surface area contributed by atoms with Gasteiger partial charge >= 0.3 is 0 Å². The van der Waals surface area contributed by atoms with Gasteiger partial charge in [0.1, 0.15) is 5.60 Å². The van der Waals surface area contributed by atoms with E-state index in [9.17, 15) is 5.11 Å². The van der Waals surface area contributed by atoms with E-state index in [1.54, 1.807) is 13.8 Å². The molecule has 20 heavy (non-hydrogen) atoms. The number of pyridine rings is 1. The van der Waals surface area contributed by atoms with Gasteiger partial charge in [-0.1, -0.05) is 26.8 Å². The third-order valence-corrected chi connectivity index (χ3v) is 3.00. The van der Waals surface area contributed by atoms with Gasteiger partial charge in [-0.05, 0) is 44.0 Å². The summed E-state index contributed by atoms with van der Waals surface area (Å²) >= 11 is 0. The van der Waals surface area contributed by atoms with Crippen LogP contribution < -0.4 is 0 Å². The van der Waals surface area contributed by atoms with Gasteiger partial charge in [0.2, 0.25) is 0 Å². The number of aliphatic hydroxyl groups is 1. The Kier molecular flexibility index (Phi) is 5.96. The largest absolute Gasteiger partial charge is 0.384 e. The monoisotopic (exact) mass is 274 g/mol. The first-order chi connectivity index (χ1) is 9.49. The first-order valence-electron chi connectivity index (χ1n) is 7.32. The molecule has 0 aliphatic heterocycles. The maximum absolute atomic E-state index is 9.95. The van der Waals surface area contributed by atoms with Crippen LogP contribution in [0.15, 0.2) is 36.7 Å². The van der Waals surface area contributed by atoms with Gasteiger partial charge in [-0.3, -0.25) is 4.98 Å². The van der Waals surface area contributed by atoms with Crippen LogP contribution in [0.4, 0.5) is 0 Å². The molecule has 2 rings (SSSR count). The maximum atomic E-state index is 9.95. The zero-order valence-corrected chi connectivity index (χ0v) is 13.2. The van der Waals surface area contributed by atoms with E-state index in [2.05, 4.69) is 34.9 Å². The quantitative estimate of drug-likeness (QED) is 0.922. The Morgan fingerprint density at radius 3 is 2.45 bits per heavy atom. The Morgan fingerprint density at radius 2 is 1.90 bits per heavy atom. The van der Waals surface area contributed by atoms with Crippen molar-refractivity contribution in [3.05, 3.63) is 53.6 Å². The summed E-state index contributed by atoms with van der Waals surface area (Å²) in [7, 11) is 0. The second-order valence-corrected chi connectivity index (χ2v) is 5.12. The van der Waals surface area contributed by atoms with Crippen molar-refractivity contribution in [1.29, 1.82) is 0 Å². The Morgan fingerprint density at radius 1 is 1.20 bits per heavy atom. The van der Waals surface area contributed by atoms with Gasteiger partial charge < -0.3 is 9.67 Å². The number of hydrogen-bond donors (Lipinski definition) is 1. The van der Waals surface area contributed by atoms with Gasteiger partial charge in [0.05, 0.1) is 17.9 Å². The Hall–Kier alpha value is -1.61. The van der Waals surface area contributed by atoms with Gasteiger partial charge in [0.25, 0.3) is 0 Å². The second-order valence-electron chi connectivity index (χ2n) is 5.12. The minimum Gasteiger partial charge on any atom is -0.384 e. The molecule has 0 aromatic carbocycles.